The topological polar surface area (TPSA) is 55.8 Å². The van der Waals surface area contributed by atoms with Crippen LogP contribution < -0.4 is 5.73 Å². The van der Waals surface area contributed by atoms with Gasteiger partial charge in [-0.15, -0.1) is 0 Å². The Balaban J connectivity index is 1.80. The second-order valence-corrected chi connectivity index (χ2v) is 4.35. The summed E-state index contributed by atoms with van der Waals surface area (Å²) < 4.78 is 7.33. The molecule has 3 rings (SSSR count). The zero-order valence-electron chi connectivity index (χ0n) is 9.67. The van der Waals surface area contributed by atoms with Crippen LogP contribution in [0.25, 0.3) is 5.65 Å². The van der Waals surface area contributed by atoms with E-state index in [-0.39, 0.29) is 0 Å². The molecule has 0 bridgehead atoms. The van der Waals surface area contributed by atoms with Gasteiger partial charge in [0.2, 0.25) is 0 Å². The molecule has 2 aromatic rings. The van der Waals surface area contributed by atoms with E-state index in [2.05, 4.69) is 16.1 Å². The number of nitrogen functional groups attached to an aromatic ring is 1. The average Bonchev–Trinajstić information content (AvgIpc) is 2.71. The van der Waals surface area contributed by atoms with Gasteiger partial charge in [0, 0.05) is 43.8 Å². The Kier molecular flexibility index (Phi) is 2.70. The molecule has 0 aromatic carbocycles. The molecule has 1 fully saturated rings. The molecule has 5 nitrogen and oxygen atoms in total. The molecule has 17 heavy (non-hydrogen) atoms. The van der Waals surface area contributed by atoms with Crippen molar-refractivity contribution in [2.75, 3.05) is 32.0 Å². The van der Waals surface area contributed by atoms with Gasteiger partial charge in [-0.05, 0) is 6.07 Å². The van der Waals surface area contributed by atoms with Gasteiger partial charge in [0.1, 0.15) is 5.65 Å². The SMILES string of the molecule is Nc1ccn2cc(CN3CCOCC3)nc2c1. The van der Waals surface area contributed by atoms with E-state index in [1.807, 2.05) is 22.7 Å². The van der Waals surface area contributed by atoms with Gasteiger partial charge in [-0.3, -0.25) is 4.90 Å². The van der Waals surface area contributed by atoms with Gasteiger partial charge < -0.3 is 14.9 Å². The Morgan fingerprint density at radius 3 is 3.00 bits per heavy atom. The molecule has 1 aliphatic heterocycles. The summed E-state index contributed by atoms with van der Waals surface area (Å²) in [6.45, 7) is 4.48. The molecule has 2 aromatic heterocycles. The van der Waals surface area contributed by atoms with E-state index >= 15 is 0 Å². The molecular formula is C12H16N4O. The van der Waals surface area contributed by atoms with Crippen molar-refractivity contribution >= 4 is 11.3 Å². The van der Waals surface area contributed by atoms with Gasteiger partial charge in [0.05, 0.1) is 18.9 Å². The largest absolute Gasteiger partial charge is 0.399 e. The third-order valence-corrected chi connectivity index (χ3v) is 3.02. The predicted octanol–water partition coefficient (Wildman–Crippen LogP) is 0.749. The Morgan fingerprint density at radius 1 is 1.35 bits per heavy atom. The number of rotatable bonds is 2. The zero-order chi connectivity index (χ0) is 11.7. The Labute approximate surface area is 99.8 Å². The maximum atomic E-state index is 5.74. The highest BCUT2D eigenvalue weighted by Gasteiger charge is 2.12. The fraction of sp³-hybridized carbons (Fsp3) is 0.417. The lowest BCUT2D eigenvalue weighted by Crippen LogP contribution is -2.35. The van der Waals surface area contributed by atoms with E-state index in [0.717, 1.165) is 49.9 Å². The van der Waals surface area contributed by atoms with Crippen molar-refractivity contribution in [1.82, 2.24) is 14.3 Å². The lowest BCUT2D eigenvalue weighted by atomic mass is 10.3. The van der Waals surface area contributed by atoms with Crippen LogP contribution in [0.3, 0.4) is 0 Å². The summed E-state index contributed by atoms with van der Waals surface area (Å²) in [6, 6.07) is 3.77. The van der Waals surface area contributed by atoms with Crippen LogP contribution in [0.5, 0.6) is 0 Å². The molecule has 0 spiro atoms. The van der Waals surface area contributed by atoms with Gasteiger partial charge in [0.15, 0.2) is 0 Å². The number of nitrogens with two attached hydrogens (primary N) is 1. The Morgan fingerprint density at radius 2 is 2.18 bits per heavy atom. The fourth-order valence-electron chi connectivity index (χ4n) is 2.11. The standard InChI is InChI=1S/C12H16N4O/c13-10-1-2-16-9-11(14-12(16)7-10)8-15-3-5-17-6-4-15/h1-2,7,9H,3-6,8,13H2. The Bertz CT molecular complexity index is 516. The highest BCUT2D eigenvalue weighted by atomic mass is 16.5. The van der Waals surface area contributed by atoms with Gasteiger partial charge in [-0.25, -0.2) is 4.98 Å². The summed E-state index contributed by atoms with van der Waals surface area (Å²) in [5, 5.41) is 0. The fourth-order valence-corrected chi connectivity index (χ4v) is 2.11. The number of anilines is 1. The molecule has 90 valence electrons. The number of nitrogens with zero attached hydrogens (tertiary/aromatic N) is 3. The van der Waals surface area contributed by atoms with Crippen LogP contribution in [0.15, 0.2) is 24.5 Å². The van der Waals surface area contributed by atoms with Crippen molar-refractivity contribution in [2.45, 2.75) is 6.54 Å². The zero-order valence-corrected chi connectivity index (χ0v) is 9.67. The number of hydrogen-bond acceptors (Lipinski definition) is 4. The molecule has 0 unspecified atom stereocenters. The van der Waals surface area contributed by atoms with Crippen molar-refractivity contribution in [3.8, 4) is 0 Å². The average molecular weight is 232 g/mol. The summed E-state index contributed by atoms with van der Waals surface area (Å²) in [6.07, 6.45) is 4.00. The minimum absolute atomic E-state index is 0.751. The second-order valence-electron chi connectivity index (χ2n) is 4.35. The molecular weight excluding hydrogens is 216 g/mol. The van der Waals surface area contributed by atoms with Crippen LogP contribution in [0, 0.1) is 0 Å². The highest BCUT2D eigenvalue weighted by molar-refractivity contribution is 5.52. The molecule has 1 saturated heterocycles. The number of hydrogen-bond donors (Lipinski definition) is 1. The molecule has 3 heterocycles. The summed E-state index contributed by atoms with van der Waals surface area (Å²) in [5.41, 5.74) is 8.48. The van der Waals surface area contributed by atoms with Gasteiger partial charge in [-0.2, -0.15) is 0 Å². The van der Waals surface area contributed by atoms with Crippen molar-refractivity contribution in [1.29, 1.82) is 0 Å². The van der Waals surface area contributed by atoms with Crippen molar-refractivity contribution < 1.29 is 4.74 Å². The summed E-state index contributed by atoms with van der Waals surface area (Å²) in [5.74, 6) is 0. The number of imidazole rings is 1. The van der Waals surface area contributed by atoms with Gasteiger partial charge in [-0.1, -0.05) is 0 Å². The quantitative estimate of drug-likeness (QED) is 0.830. The van der Waals surface area contributed by atoms with E-state index < -0.39 is 0 Å². The maximum absolute atomic E-state index is 5.74. The first kappa shape index (κ1) is 10.6. The number of aromatic nitrogens is 2. The van der Waals surface area contributed by atoms with Crippen LogP contribution in [0.1, 0.15) is 5.69 Å². The molecule has 0 radical (unpaired) electrons. The van der Waals surface area contributed by atoms with E-state index in [4.69, 9.17) is 10.5 Å². The molecule has 0 amide bonds. The van der Waals surface area contributed by atoms with E-state index in [9.17, 15) is 0 Å². The van der Waals surface area contributed by atoms with E-state index in [0.29, 0.717) is 0 Å². The summed E-state index contributed by atoms with van der Waals surface area (Å²) in [7, 11) is 0. The van der Waals surface area contributed by atoms with Crippen LogP contribution in [0.4, 0.5) is 5.69 Å². The molecule has 0 saturated carbocycles. The van der Waals surface area contributed by atoms with Gasteiger partial charge in [0.25, 0.3) is 0 Å². The molecule has 1 aliphatic rings. The first-order valence-electron chi connectivity index (χ1n) is 5.84. The summed E-state index contributed by atoms with van der Waals surface area (Å²) in [4.78, 5) is 6.92. The lowest BCUT2D eigenvalue weighted by molar-refractivity contribution is 0.0337. The predicted molar refractivity (Wildman–Crippen MR) is 65.7 cm³/mol. The molecule has 2 N–H and O–H groups in total. The van der Waals surface area contributed by atoms with Crippen molar-refractivity contribution in [3.63, 3.8) is 0 Å². The third kappa shape index (κ3) is 2.25. The van der Waals surface area contributed by atoms with E-state index in [1.165, 1.54) is 0 Å². The molecule has 0 aliphatic carbocycles. The Hall–Kier alpha value is -1.59. The number of pyridine rings is 1. The summed E-state index contributed by atoms with van der Waals surface area (Å²) >= 11 is 0. The third-order valence-electron chi connectivity index (χ3n) is 3.02. The van der Waals surface area contributed by atoms with E-state index in [1.54, 1.807) is 0 Å². The monoisotopic (exact) mass is 232 g/mol. The molecule has 0 atom stereocenters. The van der Waals surface area contributed by atoms with Crippen molar-refractivity contribution in [3.05, 3.63) is 30.2 Å². The maximum Gasteiger partial charge on any atom is 0.139 e. The number of ether oxygens (including phenoxy) is 1. The van der Waals surface area contributed by atoms with Crippen LogP contribution in [0.2, 0.25) is 0 Å². The highest BCUT2D eigenvalue weighted by Crippen LogP contribution is 2.11. The molecule has 5 heteroatoms. The smallest absolute Gasteiger partial charge is 0.139 e. The second kappa shape index (κ2) is 4.35. The first-order chi connectivity index (χ1) is 8.31. The minimum atomic E-state index is 0.751. The number of fused-ring (bicyclic) bond motifs is 1. The van der Waals surface area contributed by atoms with Gasteiger partial charge >= 0.3 is 0 Å². The first-order valence-corrected chi connectivity index (χ1v) is 5.84. The van der Waals surface area contributed by atoms with Crippen LogP contribution >= 0.6 is 0 Å². The normalized spacial score (nSPS) is 17.6. The minimum Gasteiger partial charge on any atom is -0.399 e. The van der Waals surface area contributed by atoms with Crippen molar-refractivity contribution in [2.24, 2.45) is 0 Å². The van der Waals surface area contributed by atoms with Crippen LogP contribution in [-0.4, -0.2) is 40.6 Å². The van der Waals surface area contributed by atoms with Crippen LogP contribution in [-0.2, 0) is 11.3 Å². The number of morpholine rings is 1. The lowest BCUT2D eigenvalue weighted by Gasteiger charge is -2.25.